The van der Waals surface area contributed by atoms with Crippen LogP contribution in [0.3, 0.4) is 0 Å². The minimum Gasteiger partial charge on any atom is -0.496 e. The van der Waals surface area contributed by atoms with Crippen LogP contribution in [-0.2, 0) is 11.2 Å². The molecule has 0 unspecified atom stereocenters. The van der Waals surface area contributed by atoms with Crippen LogP contribution in [0, 0.1) is 0 Å². The van der Waals surface area contributed by atoms with E-state index >= 15 is 0 Å². The number of halogens is 1. The molecule has 126 valence electrons. The van der Waals surface area contributed by atoms with E-state index in [1.165, 1.54) is 0 Å². The smallest absolute Gasteiger partial charge is 0.251 e. The summed E-state index contributed by atoms with van der Waals surface area (Å²) in [6, 6.07) is 12.6. The Hall–Kier alpha value is -2.34. The molecule has 0 aliphatic heterocycles. The molecule has 0 bridgehead atoms. The molecule has 0 saturated heterocycles. The fraction of sp³-hybridized carbons (Fsp3) is 0.222. The molecular formula is C18H19BrN2O3. The van der Waals surface area contributed by atoms with Crippen LogP contribution in [0.2, 0.25) is 0 Å². The van der Waals surface area contributed by atoms with Gasteiger partial charge in [-0.3, -0.25) is 9.59 Å². The summed E-state index contributed by atoms with van der Waals surface area (Å²) in [5.41, 5.74) is 2.16. The average molecular weight is 391 g/mol. The van der Waals surface area contributed by atoms with Crippen molar-refractivity contribution in [1.82, 2.24) is 5.32 Å². The molecule has 0 fully saturated rings. The number of anilines is 1. The lowest BCUT2D eigenvalue weighted by molar-refractivity contribution is -0.116. The number of carbonyl (C=O) groups is 2. The number of carbonyl (C=O) groups excluding carboxylic acids is 2. The number of rotatable bonds is 6. The topological polar surface area (TPSA) is 67.4 Å². The molecule has 0 aliphatic rings. The largest absolute Gasteiger partial charge is 0.496 e. The van der Waals surface area contributed by atoms with Crippen molar-refractivity contribution in [2.75, 3.05) is 19.5 Å². The Balaban J connectivity index is 1.94. The molecule has 2 aromatic rings. The van der Waals surface area contributed by atoms with Crippen molar-refractivity contribution in [2.45, 2.75) is 12.8 Å². The SMILES string of the molecule is CNC(=O)c1cccc(NC(=O)CCc2ccc(OC)c(Br)c2)c1. The summed E-state index contributed by atoms with van der Waals surface area (Å²) < 4.78 is 6.05. The summed E-state index contributed by atoms with van der Waals surface area (Å²) in [6.45, 7) is 0. The van der Waals surface area contributed by atoms with Crippen LogP contribution in [0.1, 0.15) is 22.3 Å². The van der Waals surface area contributed by atoms with E-state index in [1.807, 2.05) is 18.2 Å². The summed E-state index contributed by atoms with van der Waals surface area (Å²) in [7, 11) is 3.18. The lowest BCUT2D eigenvalue weighted by Gasteiger charge is -2.08. The number of nitrogens with one attached hydrogen (secondary N) is 2. The van der Waals surface area contributed by atoms with E-state index in [0.29, 0.717) is 24.1 Å². The molecule has 0 aromatic heterocycles. The van der Waals surface area contributed by atoms with Crippen LogP contribution in [0.25, 0.3) is 0 Å². The van der Waals surface area contributed by atoms with Crippen molar-refractivity contribution >= 4 is 33.4 Å². The first-order chi connectivity index (χ1) is 11.5. The van der Waals surface area contributed by atoms with Crippen LogP contribution >= 0.6 is 15.9 Å². The van der Waals surface area contributed by atoms with Gasteiger partial charge in [0.15, 0.2) is 0 Å². The Bertz CT molecular complexity index is 747. The standard InChI is InChI=1S/C18H19BrN2O3/c1-20-18(23)13-4-3-5-14(11-13)21-17(22)9-7-12-6-8-16(24-2)15(19)10-12/h3-6,8,10-11H,7,9H2,1-2H3,(H,20,23)(H,21,22). The highest BCUT2D eigenvalue weighted by atomic mass is 79.9. The zero-order valence-electron chi connectivity index (χ0n) is 13.6. The Kier molecular flexibility index (Phi) is 6.37. The fourth-order valence-electron chi connectivity index (χ4n) is 2.23. The molecule has 0 aliphatic carbocycles. The summed E-state index contributed by atoms with van der Waals surface area (Å²) in [4.78, 5) is 23.7. The van der Waals surface area contributed by atoms with Crippen molar-refractivity contribution in [1.29, 1.82) is 0 Å². The Morgan fingerprint density at radius 2 is 1.96 bits per heavy atom. The van der Waals surface area contributed by atoms with Crippen LogP contribution < -0.4 is 15.4 Å². The van der Waals surface area contributed by atoms with Crippen molar-refractivity contribution in [2.24, 2.45) is 0 Å². The van der Waals surface area contributed by atoms with E-state index in [9.17, 15) is 9.59 Å². The number of hydrogen-bond acceptors (Lipinski definition) is 3. The third kappa shape index (κ3) is 4.83. The molecule has 2 amide bonds. The molecule has 5 nitrogen and oxygen atoms in total. The van der Waals surface area contributed by atoms with Gasteiger partial charge < -0.3 is 15.4 Å². The van der Waals surface area contributed by atoms with Gasteiger partial charge >= 0.3 is 0 Å². The van der Waals surface area contributed by atoms with Crippen LogP contribution in [0.15, 0.2) is 46.9 Å². The lowest BCUT2D eigenvalue weighted by Crippen LogP contribution is -2.18. The van der Waals surface area contributed by atoms with Gasteiger partial charge in [-0.1, -0.05) is 12.1 Å². The van der Waals surface area contributed by atoms with Gasteiger partial charge in [-0.25, -0.2) is 0 Å². The molecule has 6 heteroatoms. The van der Waals surface area contributed by atoms with Gasteiger partial charge in [-0.15, -0.1) is 0 Å². The number of ether oxygens (including phenoxy) is 1. The maximum atomic E-state index is 12.1. The minimum atomic E-state index is -0.186. The third-order valence-electron chi connectivity index (χ3n) is 3.49. The van der Waals surface area contributed by atoms with Crippen LogP contribution in [0.5, 0.6) is 5.75 Å². The van der Waals surface area contributed by atoms with E-state index in [2.05, 4.69) is 26.6 Å². The molecule has 0 saturated carbocycles. The second kappa shape index (κ2) is 8.49. The molecule has 2 aromatic carbocycles. The zero-order chi connectivity index (χ0) is 17.5. The van der Waals surface area contributed by atoms with E-state index in [1.54, 1.807) is 38.4 Å². The van der Waals surface area contributed by atoms with Crippen molar-refractivity contribution in [3.63, 3.8) is 0 Å². The molecular weight excluding hydrogens is 372 g/mol. The first kappa shape index (κ1) is 18.0. The minimum absolute atomic E-state index is 0.101. The predicted octanol–water partition coefficient (Wildman–Crippen LogP) is 3.39. The van der Waals surface area contributed by atoms with E-state index in [-0.39, 0.29) is 11.8 Å². The monoisotopic (exact) mass is 390 g/mol. The number of amides is 2. The maximum absolute atomic E-state index is 12.1. The van der Waals surface area contributed by atoms with Gasteiger partial charge in [0, 0.05) is 24.7 Å². The highest BCUT2D eigenvalue weighted by molar-refractivity contribution is 9.10. The second-order valence-corrected chi connectivity index (χ2v) is 6.03. The van der Waals surface area contributed by atoms with E-state index in [0.717, 1.165) is 15.8 Å². The molecule has 0 radical (unpaired) electrons. The molecule has 24 heavy (non-hydrogen) atoms. The highest BCUT2D eigenvalue weighted by Crippen LogP contribution is 2.26. The third-order valence-corrected chi connectivity index (χ3v) is 4.11. The summed E-state index contributed by atoms with van der Waals surface area (Å²) >= 11 is 3.43. The molecule has 2 N–H and O–H groups in total. The molecule has 0 spiro atoms. The van der Waals surface area contributed by atoms with Gasteiger partial charge in [0.05, 0.1) is 11.6 Å². The summed E-state index contributed by atoms with van der Waals surface area (Å²) in [6.07, 6.45) is 0.965. The Morgan fingerprint density at radius 1 is 1.17 bits per heavy atom. The van der Waals surface area contributed by atoms with Crippen LogP contribution in [0.4, 0.5) is 5.69 Å². The Labute approximate surface area is 149 Å². The van der Waals surface area contributed by atoms with E-state index in [4.69, 9.17) is 4.74 Å². The van der Waals surface area contributed by atoms with Crippen molar-refractivity contribution in [3.8, 4) is 5.75 Å². The Morgan fingerprint density at radius 3 is 2.62 bits per heavy atom. The number of hydrogen-bond donors (Lipinski definition) is 2. The van der Waals surface area contributed by atoms with Gasteiger partial charge in [0.25, 0.3) is 5.91 Å². The van der Waals surface area contributed by atoms with E-state index < -0.39 is 0 Å². The fourth-order valence-corrected chi connectivity index (χ4v) is 2.82. The zero-order valence-corrected chi connectivity index (χ0v) is 15.1. The number of aryl methyl sites for hydroxylation is 1. The normalized spacial score (nSPS) is 10.1. The first-order valence-corrected chi connectivity index (χ1v) is 8.27. The van der Waals surface area contributed by atoms with Crippen molar-refractivity contribution < 1.29 is 14.3 Å². The average Bonchev–Trinajstić information content (AvgIpc) is 2.59. The first-order valence-electron chi connectivity index (χ1n) is 7.48. The lowest BCUT2D eigenvalue weighted by atomic mass is 10.1. The quantitative estimate of drug-likeness (QED) is 0.794. The van der Waals surface area contributed by atoms with Gasteiger partial charge in [-0.2, -0.15) is 0 Å². The van der Waals surface area contributed by atoms with Gasteiger partial charge in [0.1, 0.15) is 5.75 Å². The van der Waals surface area contributed by atoms with Crippen molar-refractivity contribution in [3.05, 3.63) is 58.1 Å². The maximum Gasteiger partial charge on any atom is 0.251 e. The molecule has 2 rings (SSSR count). The molecule has 0 atom stereocenters. The highest BCUT2D eigenvalue weighted by Gasteiger charge is 2.08. The summed E-state index contributed by atoms with van der Waals surface area (Å²) in [5.74, 6) is 0.472. The second-order valence-electron chi connectivity index (χ2n) is 5.18. The van der Waals surface area contributed by atoms with Gasteiger partial charge in [-0.05, 0) is 58.2 Å². The summed E-state index contributed by atoms with van der Waals surface area (Å²) in [5, 5.41) is 5.37. The molecule has 0 heterocycles. The number of methoxy groups -OCH3 is 1. The van der Waals surface area contributed by atoms with Gasteiger partial charge in [0.2, 0.25) is 5.91 Å². The van der Waals surface area contributed by atoms with Crippen LogP contribution in [-0.4, -0.2) is 26.0 Å². The number of benzene rings is 2. The predicted molar refractivity (Wildman–Crippen MR) is 97.5 cm³/mol.